The lowest BCUT2D eigenvalue weighted by molar-refractivity contribution is 0.0526. The number of carbonyl (C=O) groups excluding carboxylic acids is 1. The Bertz CT molecular complexity index is 799. The van der Waals surface area contributed by atoms with Crippen LogP contribution in [-0.2, 0) is 11.3 Å². The van der Waals surface area contributed by atoms with E-state index in [1.165, 1.54) is 11.4 Å². The minimum Gasteiger partial charge on any atom is -0.462 e. The van der Waals surface area contributed by atoms with Crippen LogP contribution in [0.5, 0.6) is 0 Å². The third-order valence-corrected chi connectivity index (χ3v) is 4.33. The van der Waals surface area contributed by atoms with Gasteiger partial charge in [-0.05, 0) is 36.8 Å². The normalized spacial score (nSPS) is 15.1. The fourth-order valence-electron chi connectivity index (χ4n) is 3.22. The Labute approximate surface area is 141 Å². The van der Waals surface area contributed by atoms with Gasteiger partial charge in [0.25, 0.3) is 0 Å². The van der Waals surface area contributed by atoms with Gasteiger partial charge in [-0.2, -0.15) is 0 Å². The van der Waals surface area contributed by atoms with Crippen molar-refractivity contribution in [1.82, 2.24) is 0 Å². The summed E-state index contributed by atoms with van der Waals surface area (Å²) >= 11 is 0. The van der Waals surface area contributed by atoms with E-state index in [9.17, 15) is 4.79 Å². The Morgan fingerprint density at radius 3 is 2.62 bits per heavy atom. The summed E-state index contributed by atoms with van der Waals surface area (Å²) in [6, 6.07) is 16.0. The van der Waals surface area contributed by atoms with Gasteiger partial charge in [0.2, 0.25) is 5.96 Å². The third kappa shape index (κ3) is 2.42. The highest BCUT2D eigenvalue weighted by molar-refractivity contribution is 6.16. The molecule has 0 N–H and O–H groups in total. The lowest BCUT2D eigenvalue weighted by Gasteiger charge is -2.19. The van der Waals surface area contributed by atoms with Crippen LogP contribution in [0.4, 0.5) is 11.4 Å². The van der Waals surface area contributed by atoms with Crippen LogP contribution in [0.3, 0.4) is 0 Å². The van der Waals surface area contributed by atoms with E-state index in [-0.39, 0.29) is 5.97 Å². The first-order chi connectivity index (χ1) is 11.8. The van der Waals surface area contributed by atoms with Gasteiger partial charge in [-0.1, -0.05) is 24.3 Å². The molecule has 2 aromatic carbocycles. The quantitative estimate of drug-likeness (QED) is 0.812. The first-order valence-corrected chi connectivity index (χ1v) is 8.22. The number of hydrogen-bond donors (Lipinski definition) is 0. The second-order valence-electron chi connectivity index (χ2n) is 5.83. The molecular formula is C19H19N3O2. The van der Waals surface area contributed by atoms with Crippen LogP contribution in [0.1, 0.15) is 22.8 Å². The molecule has 0 radical (unpaired) electrons. The zero-order valence-corrected chi connectivity index (χ0v) is 13.6. The SMILES string of the molecule is CCOC(=O)c1ccc(CN2C3=NCCN3c3ccccc32)cc1. The minimum absolute atomic E-state index is 0.276. The van der Waals surface area contributed by atoms with Gasteiger partial charge in [-0.3, -0.25) is 4.99 Å². The van der Waals surface area contributed by atoms with Gasteiger partial charge in [-0.15, -0.1) is 0 Å². The molecule has 0 aromatic heterocycles. The Balaban J connectivity index is 1.58. The first-order valence-electron chi connectivity index (χ1n) is 8.22. The predicted octanol–water partition coefficient (Wildman–Crippen LogP) is 3.06. The van der Waals surface area contributed by atoms with Crippen molar-refractivity contribution in [1.29, 1.82) is 0 Å². The molecule has 0 aliphatic carbocycles. The summed E-state index contributed by atoms with van der Waals surface area (Å²) in [6.07, 6.45) is 0. The molecule has 0 unspecified atom stereocenters. The van der Waals surface area contributed by atoms with E-state index >= 15 is 0 Å². The number of ether oxygens (including phenoxy) is 1. The number of fused-ring (bicyclic) bond motifs is 3. The molecule has 2 aliphatic heterocycles. The second kappa shape index (κ2) is 6.00. The Kier molecular flexibility index (Phi) is 3.69. The average molecular weight is 321 g/mol. The van der Waals surface area contributed by atoms with Crippen LogP contribution in [0.25, 0.3) is 0 Å². The molecule has 0 bridgehead atoms. The first kappa shape index (κ1) is 14.8. The highest BCUT2D eigenvalue weighted by Gasteiger charge is 2.34. The van der Waals surface area contributed by atoms with Crippen LogP contribution in [0.2, 0.25) is 0 Å². The summed E-state index contributed by atoms with van der Waals surface area (Å²) in [7, 11) is 0. The molecule has 0 atom stereocenters. The molecule has 122 valence electrons. The number of nitrogens with zero attached hydrogens (tertiary/aromatic N) is 3. The Morgan fingerprint density at radius 1 is 1.12 bits per heavy atom. The molecule has 0 spiro atoms. The van der Waals surface area contributed by atoms with Crippen molar-refractivity contribution in [2.75, 3.05) is 29.5 Å². The van der Waals surface area contributed by atoms with E-state index in [0.717, 1.165) is 31.2 Å². The fourth-order valence-corrected chi connectivity index (χ4v) is 3.22. The topological polar surface area (TPSA) is 45.1 Å². The van der Waals surface area contributed by atoms with Crippen molar-refractivity contribution >= 4 is 23.3 Å². The standard InChI is InChI=1S/C19H19N3O2/c1-2-24-18(23)15-9-7-14(8-10-15)13-22-17-6-4-3-5-16(17)21-12-11-20-19(21)22/h3-10H,2,11-13H2,1H3. The number of para-hydroxylation sites is 2. The van der Waals surface area contributed by atoms with E-state index < -0.39 is 0 Å². The summed E-state index contributed by atoms with van der Waals surface area (Å²) in [5, 5.41) is 0. The molecule has 0 saturated carbocycles. The number of hydrogen-bond acceptors (Lipinski definition) is 5. The second-order valence-corrected chi connectivity index (χ2v) is 5.83. The van der Waals surface area contributed by atoms with Gasteiger partial charge in [0.05, 0.1) is 36.6 Å². The summed E-state index contributed by atoms with van der Waals surface area (Å²) in [6.45, 7) is 4.70. The average Bonchev–Trinajstić information content (AvgIpc) is 3.19. The zero-order valence-electron chi connectivity index (χ0n) is 13.6. The summed E-state index contributed by atoms with van der Waals surface area (Å²) < 4.78 is 5.03. The maximum atomic E-state index is 11.8. The van der Waals surface area contributed by atoms with Gasteiger partial charge >= 0.3 is 5.97 Å². The monoisotopic (exact) mass is 321 g/mol. The largest absolute Gasteiger partial charge is 0.462 e. The lowest BCUT2D eigenvalue weighted by atomic mass is 10.1. The summed E-state index contributed by atoms with van der Waals surface area (Å²) in [5.74, 6) is 0.743. The predicted molar refractivity (Wildman–Crippen MR) is 94.7 cm³/mol. The third-order valence-electron chi connectivity index (χ3n) is 4.33. The maximum Gasteiger partial charge on any atom is 0.338 e. The summed E-state index contributed by atoms with van der Waals surface area (Å²) in [4.78, 5) is 20.9. The number of anilines is 2. The molecule has 24 heavy (non-hydrogen) atoms. The molecule has 5 nitrogen and oxygen atoms in total. The van der Waals surface area contributed by atoms with E-state index in [1.54, 1.807) is 0 Å². The van der Waals surface area contributed by atoms with Crippen molar-refractivity contribution in [3.8, 4) is 0 Å². The van der Waals surface area contributed by atoms with Gasteiger partial charge in [0, 0.05) is 6.54 Å². The van der Waals surface area contributed by atoms with Crippen molar-refractivity contribution in [2.24, 2.45) is 4.99 Å². The van der Waals surface area contributed by atoms with E-state index in [0.29, 0.717) is 12.2 Å². The fraction of sp³-hybridized carbons (Fsp3) is 0.263. The number of rotatable bonds is 4. The zero-order chi connectivity index (χ0) is 16.5. The smallest absolute Gasteiger partial charge is 0.338 e. The van der Waals surface area contributed by atoms with Crippen LogP contribution < -0.4 is 9.80 Å². The molecule has 5 heteroatoms. The number of aliphatic imine (C=N–C) groups is 1. The van der Waals surface area contributed by atoms with E-state index in [2.05, 4.69) is 39.1 Å². The van der Waals surface area contributed by atoms with Crippen molar-refractivity contribution in [2.45, 2.75) is 13.5 Å². The highest BCUT2D eigenvalue weighted by atomic mass is 16.5. The molecule has 0 amide bonds. The van der Waals surface area contributed by atoms with Crippen molar-refractivity contribution < 1.29 is 9.53 Å². The van der Waals surface area contributed by atoms with E-state index in [4.69, 9.17) is 4.74 Å². The molecule has 2 aliphatic rings. The van der Waals surface area contributed by atoms with Crippen molar-refractivity contribution in [3.05, 3.63) is 59.7 Å². The number of guanidine groups is 1. The molecule has 0 saturated heterocycles. The molecule has 0 fully saturated rings. The summed E-state index contributed by atoms with van der Waals surface area (Å²) in [5.41, 5.74) is 4.12. The van der Waals surface area contributed by atoms with Gasteiger partial charge in [-0.25, -0.2) is 4.79 Å². The Hall–Kier alpha value is -2.82. The molecular weight excluding hydrogens is 302 g/mol. The van der Waals surface area contributed by atoms with Gasteiger partial charge in [0.15, 0.2) is 0 Å². The number of benzene rings is 2. The van der Waals surface area contributed by atoms with Crippen LogP contribution >= 0.6 is 0 Å². The van der Waals surface area contributed by atoms with E-state index in [1.807, 2.05) is 31.2 Å². The van der Waals surface area contributed by atoms with Crippen LogP contribution in [0.15, 0.2) is 53.5 Å². The Morgan fingerprint density at radius 2 is 1.88 bits per heavy atom. The lowest BCUT2D eigenvalue weighted by Crippen LogP contribution is -2.34. The van der Waals surface area contributed by atoms with Crippen LogP contribution in [-0.4, -0.2) is 31.6 Å². The molecule has 4 rings (SSSR count). The number of esters is 1. The highest BCUT2D eigenvalue weighted by Crippen LogP contribution is 2.39. The minimum atomic E-state index is -0.276. The van der Waals surface area contributed by atoms with Crippen LogP contribution in [0, 0.1) is 0 Å². The van der Waals surface area contributed by atoms with Gasteiger partial charge in [0.1, 0.15) is 0 Å². The maximum absolute atomic E-state index is 11.8. The van der Waals surface area contributed by atoms with Crippen molar-refractivity contribution in [3.63, 3.8) is 0 Å². The van der Waals surface area contributed by atoms with Gasteiger partial charge < -0.3 is 14.5 Å². The molecule has 2 heterocycles. The molecule has 2 aromatic rings. The number of carbonyl (C=O) groups is 1.